The summed E-state index contributed by atoms with van der Waals surface area (Å²) in [6.45, 7) is 11.7. The minimum atomic E-state index is -0.938. The van der Waals surface area contributed by atoms with Gasteiger partial charge in [0.15, 0.2) is 0 Å². The van der Waals surface area contributed by atoms with E-state index in [4.69, 9.17) is 20.0 Å². The molecule has 8 bridgehead atoms. The summed E-state index contributed by atoms with van der Waals surface area (Å²) in [4.78, 5) is 54.3. The van der Waals surface area contributed by atoms with Crippen LogP contribution in [-0.2, 0) is 14.4 Å². The largest absolute Gasteiger partial charge is 0.481 e. The molecule has 0 saturated heterocycles. The Kier molecular flexibility index (Phi) is 8.59. The van der Waals surface area contributed by atoms with Crippen molar-refractivity contribution >= 4 is 40.8 Å². The van der Waals surface area contributed by atoms with Gasteiger partial charge in [-0.05, 0) is 110 Å². The van der Waals surface area contributed by atoms with Crippen molar-refractivity contribution in [2.24, 2.45) is 20.0 Å². The fourth-order valence-electron chi connectivity index (χ4n) is 5.94. The molecule has 0 aliphatic carbocycles. The zero-order chi connectivity index (χ0) is 32.6. The maximum Gasteiger partial charge on any atom is 0.303 e. The van der Waals surface area contributed by atoms with Gasteiger partial charge in [-0.1, -0.05) is 12.7 Å². The number of nitrogens with zero attached hydrogens (tertiary/aromatic N) is 4. The van der Waals surface area contributed by atoms with E-state index in [1.54, 1.807) is 12.2 Å². The average Bonchev–Trinajstić information content (AvgIpc) is 3.63. The lowest BCUT2D eigenvalue weighted by Crippen LogP contribution is -2.04. The monoisotopic (exact) mass is 606 g/mol. The van der Waals surface area contributed by atoms with Gasteiger partial charge in [-0.15, -0.1) is 0 Å². The summed E-state index contributed by atoms with van der Waals surface area (Å²) in [6.07, 6.45) is 9.63. The predicted octanol–water partition coefficient (Wildman–Crippen LogP) is 6.40. The Balaban J connectivity index is 1.77. The molecule has 230 valence electrons. The van der Waals surface area contributed by atoms with E-state index in [9.17, 15) is 29.7 Å². The van der Waals surface area contributed by atoms with Crippen molar-refractivity contribution in [3.63, 3.8) is 0 Å². The highest BCUT2D eigenvalue weighted by atomic mass is 16.4. The number of carboxylic acid groups (broad SMARTS) is 3. The van der Waals surface area contributed by atoms with Crippen molar-refractivity contribution in [3.8, 4) is 0 Å². The zero-order valence-electron chi connectivity index (χ0n) is 25.7. The van der Waals surface area contributed by atoms with Crippen molar-refractivity contribution < 1.29 is 29.7 Å². The summed E-state index contributed by atoms with van der Waals surface area (Å²) in [5.74, 6) is -2.78. The highest BCUT2D eigenvalue weighted by molar-refractivity contribution is 6.20. The number of aliphatic imine (C=N–C) groups is 4. The zero-order valence-corrected chi connectivity index (χ0v) is 25.7. The van der Waals surface area contributed by atoms with E-state index >= 15 is 0 Å². The molecule has 0 atom stereocenters. The molecule has 5 aliphatic rings. The van der Waals surface area contributed by atoms with Crippen LogP contribution >= 0.6 is 0 Å². The fraction of sp³-hybridized carbons (Fsp3) is 0.286. The summed E-state index contributed by atoms with van der Waals surface area (Å²) >= 11 is 0. The molecule has 45 heavy (non-hydrogen) atoms. The topological polar surface area (TPSA) is 161 Å². The lowest BCUT2D eigenvalue weighted by Gasteiger charge is -2.07. The van der Waals surface area contributed by atoms with Gasteiger partial charge in [0.1, 0.15) is 0 Å². The van der Waals surface area contributed by atoms with E-state index in [1.165, 1.54) is 0 Å². The first kappa shape index (κ1) is 31.2. The second-order valence-corrected chi connectivity index (χ2v) is 11.3. The standard InChI is InChI=1S/C35H34N4O6/c1-6-21-17(2)25-13-26-18(3)23(8-11-34(42)43)31(37-26)16-32-24(9-12-35(44)45)20(5)28(39-32)15-30-22(7-10-33(40)41)19(4)27(38-30)14-29(21)36-25/h6,13-16H,1,7-12H2,2-5H3,(H,40,41)(H,42,43)(H,44,45). The Morgan fingerprint density at radius 1 is 0.556 bits per heavy atom. The first-order valence-electron chi connectivity index (χ1n) is 14.7. The van der Waals surface area contributed by atoms with Crippen molar-refractivity contribution in [3.05, 3.63) is 104 Å². The van der Waals surface area contributed by atoms with Crippen LogP contribution in [0.15, 0.2) is 124 Å². The molecule has 0 spiro atoms. The summed E-state index contributed by atoms with van der Waals surface area (Å²) < 4.78 is 0. The van der Waals surface area contributed by atoms with Crippen molar-refractivity contribution in [1.82, 2.24) is 0 Å². The molecule has 0 amide bonds. The molecule has 10 heteroatoms. The van der Waals surface area contributed by atoms with Crippen LogP contribution in [0.3, 0.4) is 0 Å². The number of hydrogen-bond donors (Lipinski definition) is 3. The second-order valence-electron chi connectivity index (χ2n) is 11.3. The maximum absolute atomic E-state index is 11.6. The lowest BCUT2D eigenvalue weighted by molar-refractivity contribution is -0.137. The normalized spacial score (nSPS) is 19.2. The number of aliphatic carboxylic acids is 3. The molecule has 5 heterocycles. The van der Waals surface area contributed by atoms with Gasteiger partial charge in [-0.25, -0.2) is 20.0 Å². The highest BCUT2D eigenvalue weighted by Crippen LogP contribution is 2.38. The van der Waals surface area contributed by atoms with Crippen LogP contribution in [0, 0.1) is 0 Å². The van der Waals surface area contributed by atoms with Crippen LogP contribution in [0.5, 0.6) is 0 Å². The molecule has 5 aliphatic heterocycles. The van der Waals surface area contributed by atoms with Crippen molar-refractivity contribution in [2.75, 3.05) is 0 Å². The molecule has 0 aromatic rings. The van der Waals surface area contributed by atoms with E-state index in [0.717, 1.165) is 44.6 Å². The third-order valence-electron chi connectivity index (χ3n) is 8.53. The van der Waals surface area contributed by atoms with Crippen LogP contribution in [0.4, 0.5) is 0 Å². The Bertz CT molecular complexity index is 1860. The fourth-order valence-corrected chi connectivity index (χ4v) is 5.94. The molecule has 5 rings (SSSR count). The third-order valence-corrected chi connectivity index (χ3v) is 8.53. The van der Waals surface area contributed by atoms with Crippen molar-refractivity contribution in [2.45, 2.75) is 66.2 Å². The van der Waals surface area contributed by atoms with Gasteiger partial charge in [-0.3, -0.25) is 14.4 Å². The van der Waals surface area contributed by atoms with Crippen LogP contribution in [0.25, 0.3) is 0 Å². The molecule has 0 aromatic heterocycles. The Morgan fingerprint density at radius 2 is 0.933 bits per heavy atom. The molecule has 0 saturated carbocycles. The van der Waals surface area contributed by atoms with Gasteiger partial charge >= 0.3 is 17.9 Å². The van der Waals surface area contributed by atoms with Gasteiger partial charge in [0.2, 0.25) is 0 Å². The summed E-state index contributed by atoms with van der Waals surface area (Å²) in [7, 11) is 0. The van der Waals surface area contributed by atoms with Gasteiger partial charge < -0.3 is 15.3 Å². The number of rotatable bonds is 10. The SMILES string of the molecule is C=CC1=C(C)C2=NC1=CC1=NC(=CC3=NC(=CC4=NC(=C2)C(C)=C4CCC(=O)O)C(CCC(=O)O)=C3C)C(CCC(=O)O)=C1C. The molecular formula is C35H34N4O6. The molecule has 0 unspecified atom stereocenters. The van der Waals surface area contributed by atoms with Crippen LogP contribution < -0.4 is 0 Å². The summed E-state index contributed by atoms with van der Waals surface area (Å²) in [6, 6.07) is 0. The Morgan fingerprint density at radius 3 is 1.42 bits per heavy atom. The van der Waals surface area contributed by atoms with Crippen LogP contribution in [0.1, 0.15) is 66.2 Å². The number of carboxylic acids is 3. The van der Waals surface area contributed by atoms with Gasteiger partial charge in [0, 0.05) is 24.8 Å². The predicted molar refractivity (Wildman–Crippen MR) is 174 cm³/mol. The first-order chi connectivity index (χ1) is 21.4. The minimum Gasteiger partial charge on any atom is -0.481 e. The number of fused-ring (bicyclic) bond motifs is 4. The molecule has 3 N–H and O–H groups in total. The molecule has 10 nitrogen and oxygen atoms in total. The number of hydrogen-bond acceptors (Lipinski definition) is 7. The first-order valence-corrected chi connectivity index (χ1v) is 14.7. The van der Waals surface area contributed by atoms with E-state index in [1.807, 2.05) is 45.9 Å². The number of carbonyl (C=O) groups is 3. The van der Waals surface area contributed by atoms with E-state index < -0.39 is 17.9 Å². The summed E-state index contributed by atoms with van der Waals surface area (Å²) in [5, 5.41) is 28.4. The van der Waals surface area contributed by atoms with E-state index in [2.05, 4.69) is 6.58 Å². The maximum atomic E-state index is 11.6. The molecule has 0 radical (unpaired) electrons. The average molecular weight is 607 g/mol. The molecule has 0 fully saturated rings. The lowest BCUT2D eigenvalue weighted by atomic mass is 9.95. The third kappa shape index (κ3) is 6.22. The van der Waals surface area contributed by atoms with Gasteiger partial charge in [-0.2, -0.15) is 0 Å². The van der Waals surface area contributed by atoms with Gasteiger partial charge in [0.05, 0.1) is 45.6 Å². The Labute approximate surface area is 260 Å². The van der Waals surface area contributed by atoms with E-state index in [-0.39, 0.29) is 38.5 Å². The number of allylic oxidation sites excluding steroid dienone is 12. The summed E-state index contributed by atoms with van der Waals surface area (Å²) in [5.41, 5.74) is 11.5. The second kappa shape index (κ2) is 12.4. The van der Waals surface area contributed by atoms with Crippen LogP contribution in [-0.4, -0.2) is 56.1 Å². The highest BCUT2D eigenvalue weighted by Gasteiger charge is 2.29. The minimum absolute atomic E-state index is 0.0723. The Hall–Kier alpha value is -5.25. The molecular weight excluding hydrogens is 572 g/mol. The van der Waals surface area contributed by atoms with Crippen LogP contribution in [0.2, 0.25) is 0 Å². The smallest absolute Gasteiger partial charge is 0.303 e. The van der Waals surface area contributed by atoms with E-state index in [0.29, 0.717) is 45.6 Å². The van der Waals surface area contributed by atoms with Crippen molar-refractivity contribution in [1.29, 1.82) is 0 Å². The quantitative estimate of drug-likeness (QED) is 0.261. The molecule has 0 aromatic carbocycles. The van der Waals surface area contributed by atoms with Gasteiger partial charge in [0.25, 0.3) is 0 Å².